The van der Waals surface area contributed by atoms with E-state index in [-0.39, 0.29) is 0 Å². The average molecular weight is 273 g/mol. The SMILES string of the molecule is CN(Cc1ccccc1)c1c(C#N)cnc2ccccc12. The van der Waals surface area contributed by atoms with Crippen LogP contribution >= 0.6 is 0 Å². The molecule has 2 aromatic carbocycles. The highest BCUT2D eigenvalue weighted by Gasteiger charge is 2.13. The van der Waals surface area contributed by atoms with Crippen LogP contribution in [0.2, 0.25) is 0 Å². The molecule has 0 aliphatic carbocycles. The van der Waals surface area contributed by atoms with Gasteiger partial charge in [0.2, 0.25) is 0 Å². The average Bonchev–Trinajstić information content (AvgIpc) is 2.54. The lowest BCUT2D eigenvalue weighted by Crippen LogP contribution is -2.18. The minimum Gasteiger partial charge on any atom is -0.369 e. The third kappa shape index (κ3) is 2.56. The minimum absolute atomic E-state index is 0.604. The summed E-state index contributed by atoms with van der Waals surface area (Å²) in [4.78, 5) is 6.46. The van der Waals surface area contributed by atoms with Crippen LogP contribution in [0, 0.1) is 11.3 Å². The van der Waals surface area contributed by atoms with Crippen LogP contribution in [0.15, 0.2) is 60.8 Å². The second kappa shape index (κ2) is 5.64. The van der Waals surface area contributed by atoms with E-state index >= 15 is 0 Å². The second-order valence-corrected chi connectivity index (χ2v) is 4.99. The zero-order chi connectivity index (χ0) is 14.7. The van der Waals surface area contributed by atoms with Crippen LogP contribution in [0.4, 0.5) is 5.69 Å². The van der Waals surface area contributed by atoms with E-state index in [0.29, 0.717) is 5.56 Å². The Labute approximate surface area is 124 Å². The molecule has 0 saturated carbocycles. The van der Waals surface area contributed by atoms with Crippen molar-refractivity contribution >= 4 is 16.6 Å². The molecule has 1 heterocycles. The molecule has 0 unspecified atom stereocenters. The van der Waals surface area contributed by atoms with Crippen molar-refractivity contribution in [2.45, 2.75) is 6.54 Å². The molecular formula is C18H15N3. The second-order valence-electron chi connectivity index (χ2n) is 4.99. The van der Waals surface area contributed by atoms with Crippen molar-refractivity contribution in [2.75, 3.05) is 11.9 Å². The fraction of sp³-hybridized carbons (Fsp3) is 0.111. The summed E-state index contributed by atoms with van der Waals surface area (Å²) in [6, 6.07) is 20.4. The highest BCUT2D eigenvalue weighted by atomic mass is 15.1. The summed E-state index contributed by atoms with van der Waals surface area (Å²) in [5.74, 6) is 0. The molecule has 0 aliphatic rings. The first-order valence-corrected chi connectivity index (χ1v) is 6.82. The molecule has 3 aromatic rings. The number of rotatable bonds is 3. The Morgan fingerprint density at radius 3 is 2.52 bits per heavy atom. The van der Waals surface area contributed by atoms with Crippen molar-refractivity contribution in [1.82, 2.24) is 4.98 Å². The molecule has 1 aromatic heterocycles. The number of pyridine rings is 1. The van der Waals surface area contributed by atoms with Gasteiger partial charge in [-0.15, -0.1) is 0 Å². The van der Waals surface area contributed by atoms with Gasteiger partial charge in [0, 0.05) is 25.2 Å². The van der Waals surface area contributed by atoms with Gasteiger partial charge in [0.25, 0.3) is 0 Å². The summed E-state index contributed by atoms with van der Waals surface area (Å²) in [7, 11) is 2.01. The Morgan fingerprint density at radius 2 is 1.76 bits per heavy atom. The Kier molecular flexibility index (Phi) is 3.53. The predicted octanol–water partition coefficient (Wildman–Crippen LogP) is 3.74. The van der Waals surface area contributed by atoms with E-state index < -0.39 is 0 Å². The minimum atomic E-state index is 0.604. The standard InChI is InChI=1S/C18H15N3/c1-21(13-14-7-3-2-4-8-14)18-15(11-19)12-20-17-10-6-5-9-16(17)18/h2-10,12H,13H2,1H3. The Hall–Kier alpha value is -2.86. The summed E-state index contributed by atoms with van der Waals surface area (Å²) >= 11 is 0. The molecular weight excluding hydrogens is 258 g/mol. The van der Waals surface area contributed by atoms with Crippen LogP contribution in [0.1, 0.15) is 11.1 Å². The fourth-order valence-corrected chi connectivity index (χ4v) is 2.56. The number of aromatic nitrogens is 1. The maximum absolute atomic E-state index is 9.38. The van der Waals surface area contributed by atoms with Crippen LogP contribution in [0.5, 0.6) is 0 Å². The summed E-state index contributed by atoms with van der Waals surface area (Å²) in [5, 5.41) is 10.4. The molecule has 0 atom stereocenters. The third-order valence-corrected chi connectivity index (χ3v) is 3.51. The molecule has 0 amide bonds. The quantitative estimate of drug-likeness (QED) is 0.729. The Morgan fingerprint density at radius 1 is 1.05 bits per heavy atom. The maximum atomic E-state index is 9.38. The van der Waals surface area contributed by atoms with E-state index in [1.165, 1.54) is 5.56 Å². The van der Waals surface area contributed by atoms with Crippen LogP contribution in [-0.2, 0) is 6.54 Å². The van der Waals surface area contributed by atoms with E-state index in [1.807, 2.05) is 49.5 Å². The van der Waals surface area contributed by atoms with E-state index in [4.69, 9.17) is 0 Å². The van der Waals surface area contributed by atoms with Crippen molar-refractivity contribution in [2.24, 2.45) is 0 Å². The summed E-state index contributed by atoms with van der Waals surface area (Å²) in [6.07, 6.45) is 1.65. The molecule has 102 valence electrons. The first-order valence-electron chi connectivity index (χ1n) is 6.82. The van der Waals surface area contributed by atoms with Crippen molar-refractivity contribution < 1.29 is 0 Å². The van der Waals surface area contributed by atoms with Crippen LogP contribution in [0.25, 0.3) is 10.9 Å². The lowest BCUT2D eigenvalue weighted by atomic mass is 10.1. The molecule has 21 heavy (non-hydrogen) atoms. The Bertz CT molecular complexity index is 804. The van der Waals surface area contributed by atoms with Crippen LogP contribution in [-0.4, -0.2) is 12.0 Å². The molecule has 0 aliphatic heterocycles. The number of hydrogen-bond donors (Lipinski definition) is 0. The van der Waals surface area contributed by atoms with E-state index in [1.54, 1.807) is 6.20 Å². The largest absolute Gasteiger partial charge is 0.369 e. The molecule has 0 fully saturated rings. The van der Waals surface area contributed by atoms with E-state index in [0.717, 1.165) is 23.1 Å². The monoisotopic (exact) mass is 273 g/mol. The molecule has 0 bridgehead atoms. The van der Waals surface area contributed by atoms with Gasteiger partial charge in [0.05, 0.1) is 16.8 Å². The highest BCUT2D eigenvalue weighted by Crippen LogP contribution is 2.29. The number of fused-ring (bicyclic) bond motifs is 1. The highest BCUT2D eigenvalue weighted by molar-refractivity contribution is 5.94. The predicted molar refractivity (Wildman–Crippen MR) is 85.0 cm³/mol. The summed E-state index contributed by atoms with van der Waals surface area (Å²) in [5.41, 5.74) is 3.66. The lowest BCUT2D eigenvalue weighted by molar-refractivity contribution is 0.924. The number of hydrogen-bond acceptors (Lipinski definition) is 3. The van der Waals surface area contributed by atoms with Crippen LogP contribution < -0.4 is 4.90 Å². The topological polar surface area (TPSA) is 39.9 Å². The molecule has 0 spiro atoms. The van der Waals surface area contributed by atoms with Gasteiger partial charge in [0.1, 0.15) is 6.07 Å². The number of benzene rings is 2. The normalized spacial score (nSPS) is 10.3. The van der Waals surface area contributed by atoms with Gasteiger partial charge < -0.3 is 4.90 Å². The molecule has 3 nitrogen and oxygen atoms in total. The van der Waals surface area contributed by atoms with E-state index in [2.05, 4.69) is 28.1 Å². The molecule has 0 radical (unpaired) electrons. The molecule has 0 saturated heterocycles. The van der Waals surface area contributed by atoms with Gasteiger partial charge in [0.15, 0.2) is 0 Å². The third-order valence-electron chi connectivity index (χ3n) is 3.51. The summed E-state index contributed by atoms with van der Waals surface area (Å²) in [6.45, 7) is 0.753. The fourth-order valence-electron chi connectivity index (χ4n) is 2.56. The van der Waals surface area contributed by atoms with Gasteiger partial charge in [-0.2, -0.15) is 5.26 Å². The number of para-hydroxylation sites is 1. The van der Waals surface area contributed by atoms with Gasteiger partial charge in [-0.05, 0) is 11.6 Å². The van der Waals surface area contributed by atoms with E-state index in [9.17, 15) is 5.26 Å². The molecule has 3 heteroatoms. The number of nitriles is 1. The van der Waals surface area contributed by atoms with Crippen molar-refractivity contribution in [3.63, 3.8) is 0 Å². The molecule has 0 N–H and O–H groups in total. The molecule has 3 rings (SSSR count). The maximum Gasteiger partial charge on any atom is 0.103 e. The van der Waals surface area contributed by atoms with Crippen LogP contribution in [0.3, 0.4) is 0 Å². The number of nitrogens with zero attached hydrogens (tertiary/aromatic N) is 3. The van der Waals surface area contributed by atoms with Gasteiger partial charge >= 0.3 is 0 Å². The van der Waals surface area contributed by atoms with Gasteiger partial charge in [-0.25, -0.2) is 0 Å². The Balaban J connectivity index is 2.08. The lowest BCUT2D eigenvalue weighted by Gasteiger charge is -2.22. The smallest absolute Gasteiger partial charge is 0.103 e. The zero-order valence-corrected chi connectivity index (χ0v) is 11.8. The van der Waals surface area contributed by atoms with Gasteiger partial charge in [-0.3, -0.25) is 4.98 Å². The first kappa shape index (κ1) is 13.1. The number of anilines is 1. The summed E-state index contributed by atoms with van der Waals surface area (Å²) < 4.78 is 0. The first-order chi connectivity index (χ1) is 10.3. The zero-order valence-electron chi connectivity index (χ0n) is 11.8. The van der Waals surface area contributed by atoms with Crippen molar-refractivity contribution in [3.8, 4) is 6.07 Å². The van der Waals surface area contributed by atoms with Gasteiger partial charge in [-0.1, -0.05) is 48.5 Å². The van der Waals surface area contributed by atoms with Crippen molar-refractivity contribution in [3.05, 3.63) is 71.9 Å². The van der Waals surface area contributed by atoms with Crippen molar-refractivity contribution in [1.29, 1.82) is 5.26 Å².